The lowest BCUT2D eigenvalue weighted by Gasteiger charge is -2.47. The van der Waals surface area contributed by atoms with E-state index in [1.54, 1.807) is 18.2 Å². The molecule has 1 spiro atoms. The number of rotatable bonds is 21. The number of ether oxygens (including phenoxy) is 3. The number of carbonyl (C=O) groups excluding carboxylic acids is 1. The van der Waals surface area contributed by atoms with Crippen LogP contribution in [-0.4, -0.2) is 85.1 Å². The molecule has 1 saturated carbocycles. The SMILES string of the molecule is C[C@@H](COc1ccnc2c1[C@H](C)CCC2)C[C@H]1Cc2ccc(OCCCC(=O)NCCc3cccc(OCCN(C)CC(F)(F)F)c3)cc2C12CCC(Nc1cccc(Cl)c1)(C(=O)O)CC2. The van der Waals surface area contributed by atoms with Crippen LogP contribution in [0.5, 0.6) is 17.2 Å². The number of carboxylic acids is 1. The number of nitrogens with one attached hydrogen (secondary N) is 2. The normalized spacial score (nSPS) is 21.8. The van der Waals surface area contributed by atoms with Crippen LogP contribution in [0.15, 0.2) is 79.0 Å². The molecule has 4 aromatic rings. The van der Waals surface area contributed by atoms with Crippen molar-refractivity contribution in [3.63, 3.8) is 0 Å². The molecule has 14 heteroatoms. The third-order valence-corrected chi connectivity index (χ3v) is 14.1. The lowest BCUT2D eigenvalue weighted by Crippen LogP contribution is -2.53. The van der Waals surface area contributed by atoms with Crippen LogP contribution in [0.4, 0.5) is 18.9 Å². The Balaban J connectivity index is 0.949. The highest BCUT2D eigenvalue weighted by atomic mass is 35.5. The number of amides is 1. The van der Waals surface area contributed by atoms with E-state index >= 15 is 0 Å². The number of hydrogen-bond acceptors (Lipinski definition) is 8. The maximum atomic E-state index is 13.1. The molecule has 3 atom stereocenters. The summed E-state index contributed by atoms with van der Waals surface area (Å²) in [6, 6.07) is 22.9. The van der Waals surface area contributed by atoms with Crippen molar-refractivity contribution < 1.29 is 42.1 Å². The van der Waals surface area contributed by atoms with E-state index in [1.165, 1.54) is 28.6 Å². The number of fused-ring (bicyclic) bond motifs is 3. The number of aryl methyl sites for hydroxylation is 1. The molecule has 3 aliphatic rings. The van der Waals surface area contributed by atoms with E-state index in [4.69, 9.17) is 25.8 Å². The first-order valence-corrected chi connectivity index (χ1v) is 23.9. The van der Waals surface area contributed by atoms with E-state index in [1.807, 2.05) is 48.7 Å². The molecule has 66 heavy (non-hydrogen) atoms. The van der Waals surface area contributed by atoms with Crippen LogP contribution >= 0.6 is 11.6 Å². The smallest absolute Gasteiger partial charge is 0.401 e. The zero-order chi connectivity index (χ0) is 46.9. The number of aliphatic carboxylic acids is 1. The average molecular weight is 934 g/mol. The standard InChI is InChI=1S/C52H64ClF3N4O6/c1-35(33-66-46-18-24-57-45-13-4-8-36(2)48(45)46)28-39-30-38-15-16-43(32-44(38)50(39)19-21-51(22-20-50,49(62)63)59-41-11-6-10-40(53)31-41)64-26-7-14-47(61)58-23-17-37-9-5-12-42(29-37)65-27-25-60(3)34-52(54,55)56/h5-6,9-12,15-16,18,24,29,31-32,35-36,39,59H,4,7-8,13-14,17,19-23,25-28,30,33-34H2,1-3H3,(H,58,61)(H,62,63)/t35-,36-,39+,50?,51?/m1/s1. The molecule has 3 N–H and O–H groups in total. The fourth-order valence-electron chi connectivity index (χ4n) is 10.5. The lowest BCUT2D eigenvalue weighted by molar-refractivity contribution is -0.144. The van der Waals surface area contributed by atoms with Gasteiger partial charge in [-0.2, -0.15) is 13.2 Å². The summed E-state index contributed by atoms with van der Waals surface area (Å²) < 4.78 is 56.4. The molecular formula is C52H64ClF3N4O6. The van der Waals surface area contributed by atoms with Crippen molar-refractivity contribution in [3.05, 3.63) is 112 Å². The lowest BCUT2D eigenvalue weighted by atomic mass is 9.59. The average Bonchev–Trinajstić information content (AvgIpc) is 3.55. The Morgan fingerprint density at radius 3 is 2.53 bits per heavy atom. The van der Waals surface area contributed by atoms with Crippen LogP contribution in [0.25, 0.3) is 0 Å². The Bertz CT molecular complexity index is 2280. The van der Waals surface area contributed by atoms with Crippen molar-refractivity contribution in [1.82, 2.24) is 15.2 Å². The number of aromatic nitrogens is 1. The monoisotopic (exact) mass is 932 g/mol. The van der Waals surface area contributed by atoms with Gasteiger partial charge in [-0.3, -0.25) is 14.7 Å². The van der Waals surface area contributed by atoms with Crippen LogP contribution in [0.2, 0.25) is 5.02 Å². The Hall–Kier alpha value is -5.01. The minimum absolute atomic E-state index is 0.0821. The van der Waals surface area contributed by atoms with E-state index in [9.17, 15) is 27.9 Å². The zero-order valence-electron chi connectivity index (χ0n) is 38.4. The number of benzene rings is 3. The van der Waals surface area contributed by atoms with Crippen molar-refractivity contribution in [2.75, 3.05) is 51.8 Å². The number of halogens is 4. The number of pyridine rings is 1. The topological polar surface area (TPSA) is 122 Å². The highest BCUT2D eigenvalue weighted by Crippen LogP contribution is 2.57. The van der Waals surface area contributed by atoms with Gasteiger partial charge in [-0.05, 0) is 166 Å². The van der Waals surface area contributed by atoms with Gasteiger partial charge in [0.05, 0.1) is 19.8 Å². The molecule has 1 aromatic heterocycles. The van der Waals surface area contributed by atoms with E-state index in [0.29, 0.717) is 87.1 Å². The molecule has 1 fully saturated rings. The van der Waals surface area contributed by atoms with Crippen molar-refractivity contribution in [2.24, 2.45) is 11.8 Å². The molecule has 0 unspecified atom stereocenters. The Morgan fingerprint density at radius 1 is 0.985 bits per heavy atom. The Morgan fingerprint density at radius 2 is 1.76 bits per heavy atom. The van der Waals surface area contributed by atoms with E-state index < -0.39 is 24.2 Å². The van der Waals surface area contributed by atoms with Crippen LogP contribution in [0, 0.1) is 11.8 Å². The Kier molecular flexibility index (Phi) is 16.1. The van der Waals surface area contributed by atoms with Gasteiger partial charge in [0.15, 0.2) is 0 Å². The quantitative estimate of drug-likeness (QED) is 0.0701. The summed E-state index contributed by atoms with van der Waals surface area (Å²) in [5.74, 6) is 2.26. The van der Waals surface area contributed by atoms with Gasteiger partial charge in [-0.15, -0.1) is 0 Å². The number of hydrogen-bond donors (Lipinski definition) is 3. The molecule has 0 bridgehead atoms. The third kappa shape index (κ3) is 12.5. The minimum atomic E-state index is -4.25. The van der Waals surface area contributed by atoms with Gasteiger partial charge in [0.25, 0.3) is 0 Å². The van der Waals surface area contributed by atoms with Gasteiger partial charge >= 0.3 is 12.1 Å². The van der Waals surface area contributed by atoms with Crippen LogP contribution < -0.4 is 24.8 Å². The fraction of sp³-hybridized carbons (Fsp3) is 0.519. The summed E-state index contributed by atoms with van der Waals surface area (Å²) >= 11 is 6.31. The summed E-state index contributed by atoms with van der Waals surface area (Å²) in [5, 5.41) is 17.6. The highest BCUT2D eigenvalue weighted by molar-refractivity contribution is 6.30. The van der Waals surface area contributed by atoms with E-state index in [0.717, 1.165) is 54.9 Å². The molecular weight excluding hydrogens is 869 g/mol. The number of carboxylic acid groups (broad SMARTS) is 1. The first-order valence-electron chi connectivity index (χ1n) is 23.5. The number of likely N-dealkylation sites (N-methyl/N-ethyl adjacent to an activating group) is 1. The second-order valence-corrected chi connectivity index (χ2v) is 19.4. The molecule has 10 nitrogen and oxygen atoms in total. The third-order valence-electron chi connectivity index (χ3n) is 13.9. The first-order chi connectivity index (χ1) is 31.6. The van der Waals surface area contributed by atoms with Crippen molar-refractivity contribution in [3.8, 4) is 17.2 Å². The highest BCUT2D eigenvalue weighted by Gasteiger charge is 2.54. The molecule has 0 saturated heterocycles. The minimum Gasteiger partial charge on any atom is -0.494 e. The molecule has 7 rings (SSSR count). The predicted octanol–water partition coefficient (Wildman–Crippen LogP) is 10.6. The number of alkyl halides is 3. The first kappa shape index (κ1) is 48.9. The largest absolute Gasteiger partial charge is 0.494 e. The fourth-order valence-corrected chi connectivity index (χ4v) is 10.7. The molecule has 3 aliphatic carbocycles. The predicted molar refractivity (Wildman–Crippen MR) is 251 cm³/mol. The van der Waals surface area contributed by atoms with Crippen LogP contribution in [0.3, 0.4) is 0 Å². The molecule has 1 amide bonds. The van der Waals surface area contributed by atoms with Gasteiger partial charge in [-0.1, -0.05) is 49.7 Å². The molecule has 0 aliphatic heterocycles. The van der Waals surface area contributed by atoms with E-state index in [2.05, 4.69) is 41.6 Å². The zero-order valence-corrected chi connectivity index (χ0v) is 39.1. The number of anilines is 1. The van der Waals surface area contributed by atoms with Crippen molar-refractivity contribution in [2.45, 2.75) is 114 Å². The Labute approximate surface area is 392 Å². The van der Waals surface area contributed by atoms with Crippen molar-refractivity contribution in [1.29, 1.82) is 0 Å². The summed E-state index contributed by atoms with van der Waals surface area (Å²) in [6.45, 7) is 5.17. The van der Waals surface area contributed by atoms with Crippen LogP contribution in [-0.2, 0) is 34.3 Å². The van der Waals surface area contributed by atoms with Gasteiger partial charge in [0, 0.05) is 47.7 Å². The van der Waals surface area contributed by atoms with Gasteiger partial charge in [0.1, 0.15) is 29.4 Å². The second-order valence-electron chi connectivity index (χ2n) is 18.9. The van der Waals surface area contributed by atoms with Gasteiger partial charge in [0.2, 0.25) is 5.91 Å². The van der Waals surface area contributed by atoms with Gasteiger partial charge in [-0.25, -0.2) is 4.79 Å². The maximum Gasteiger partial charge on any atom is 0.401 e. The molecule has 0 radical (unpaired) electrons. The van der Waals surface area contributed by atoms with Gasteiger partial charge < -0.3 is 30.0 Å². The van der Waals surface area contributed by atoms with Crippen molar-refractivity contribution >= 4 is 29.2 Å². The summed E-state index contributed by atoms with van der Waals surface area (Å²) in [4.78, 5) is 31.7. The molecule has 3 aromatic carbocycles. The summed E-state index contributed by atoms with van der Waals surface area (Å²) in [7, 11) is 1.41. The summed E-state index contributed by atoms with van der Waals surface area (Å²) in [5.41, 5.74) is 5.16. The maximum absolute atomic E-state index is 13.1. The molecule has 356 valence electrons. The molecule has 1 heterocycles. The second kappa shape index (κ2) is 21.7. The summed E-state index contributed by atoms with van der Waals surface area (Å²) in [6.07, 6.45) is 6.37. The van der Waals surface area contributed by atoms with Crippen LogP contribution in [0.1, 0.15) is 106 Å². The van der Waals surface area contributed by atoms with E-state index in [-0.39, 0.29) is 36.3 Å². The number of carbonyl (C=O) groups is 2. The number of nitrogens with zero attached hydrogens (tertiary/aromatic N) is 2.